The number of nitrogens with one attached hydrogen (secondary N) is 2. The summed E-state index contributed by atoms with van der Waals surface area (Å²) in [6, 6.07) is 17.2. The first-order valence-corrected chi connectivity index (χ1v) is 18.7. The number of carbonyl (C=O) groups excluding carboxylic acids is 5. The Morgan fingerprint density at radius 1 is 0.979 bits per heavy atom. The molecule has 3 aromatic carbocycles. The van der Waals surface area contributed by atoms with Gasteiger partial charge in [0.1, 0.15) is 12.1 Å². The Morgan fingerprint density at radius 2 is 1.69 bits per heavy atom. The van der Waals surface area contributed by atoms with Gasteiger partial charge in [-0.3, -0.25) is 28.5 Å². The molecule has 0 aliphatic carbocycles. The molecule has 1 aliphatic heterocycles. The number of nitrogens with two attached hydrogens (primary N) is 1. The zero-order valence-corrected chi connectivity index (χ0v) is 28.5. The Hall–Kier alpha value is -3.74. The summed E-state index contributed by atoms with van der Waals surface area (Å²) in [5.74, 6) is -3.60. The molecule has 1 heterocycles. The van der Waals surface area contributed by atoms with Crippen molar-refractivity contribution in [3.05, 3.63) is 82.9 Å². The van der Waals surface area contributed by atoms with E-state index >= 15 is 0 Å². The number of hydrogen-bond acceptors (Lipinski definition) is 7. The number of Topliss-reactive ketones (excluding diaryl/α,β-unsaturated/α-hetero) is 1. The number of carbonyl (C=O) groups is 5. The van der Waals surface area contributed by atoms with E-state index in [1.54, 1.807) is 30.3 Å². The van der Waals surface area contributed by atoms with Crippen LogP contribution in [0.25, 0.3) is 10.8 Å². The Bertz CT molecular complexity index is 1700. The molecule has 4 amide bonds. The minimum absolute atomic E-state index is 0.0923. The third-order valence-electron chi connectivity index (χ3n) is 8.01. The molecular formula is C33H38ClN4O8PS. The molecule has 256 valence electrons. The lowest BCUT2D eigenvalue weighted by Crippen LogP contribution is -2.58. The maximum absolute atomic E-state index is 13.9. The van der Waals surface area contributed by atoms with Crippen molar-refractivity contribution in [2.45, 2.75) is 50.1 Å². The summed E-state index contributed by atoms with van der Waals surface area (Å²) in [6.07, 6.45) is 1.21. The molecule has 15 heteroatoms. The SMILES string of the molecule is NC(=O)C(CNC(=O)C1CCCCN1C(=O)C(CSCP(=O)(O)O)NC(=O)CCC(=O)c1ccc(Cl)cc1)c1ccc2ccccc2c1. The second-order valence-electron chi connectivity index (χ2n) is 11.6. The molecule has 3 unspecified atom stereocenters. The molecule has 1 fully saturated rings. The van der Waals surface area contributed by atoms with E-state index in [1.807, 2.05) is 36.4 Å². The summed E-state index contributed by atoms with van der Waals surface area (Å²) in [5, 5.41) is 7.75. The molecule has 1 aliphatic rings. The average Bonchev–Trinajstić information content (AvgIpc) is 3.06. The predicted molar refractivity (Wildman–Crippen MR) is 185 cm³/mol. The molecule has 0 bridgehead atoms. The summed E-state index contributed by atoms with van der Waals surface area (Å²) in [7, 11) is -4.41. The van der Waals surface area contributed by atoms with Gasteiger partial charge in [-0.1, -0.05) is 54.1 Å². The van der Waals surface area contributed by atoms with E-state index in [4.69, 9.17) is 17.3 Å². The monoisotopic (exact) mass is 716 g/mol. The summed E-state index contributed by atoms with van der Waals surface area (Å²) in [5.41, 5.74) is 6.15. The van der Waals surface area contributed by atoms with Crippen molar-refractivity contribution >= 4 is 71.1 Å². The first-order chi connectivity index (χ1) is 22.8. The van der Waals surface area contributed by atoms with Crippen LogP contribution in [0, 0.1) is 0 Å². The van der Waals surface area contributed by atoms with Crippen molar-refractivity contribution in [3.8, 4) is 0 Å². The molecule has 3 atom stereocenters. The normalized spacial score (nSPS) is 16.1. The van der Waals surface area contributed by atoms with Gasteiger partial charge >= 0.3 is 7.60 Å². The number of ketones is 1. The largest absolute Gasteiger partial charge is 0.369 e. The number of rotatable bonds is 15. The quantitative estimate of drug-likeness (QED) is 0.115. The maximum Gasteiger partial charge on any atom is 0.335 e. The highest BCUT2D eigenvalue weighted by atomic mass is 35.5. The molecule has 6 N–H and O–H groups in total. The fourth-order valence-electron chi connectivity index (χ4n) is 5.53. The van der Waals surface area contributed by atoms with Gasteiger partial charge in [0.05, 0.1) is 11.4 Å². The molecule has 1 saturated heterocycles. The molecule has 0 radical (unpaired) electrons. The lowest BCUT2D eigenvalue weighted by atomic mass is 9.95. The van der Waals surface area contributed by atoms with Crippen LogP contribution in [0.2, 0.25) is 5.02 Å². The Kier molecular flexibility index (Phi) is 13.2. The predicted octanol–water partition coefficient (Wildman–Crippen LogP) is 3.58. The van der Waals surface area contributed by atoms with E-state index in [-0.39, 0.29) is 37.5 Å². The van der Waals surface area contributed by atoms with Crippen LogP contribution in [0.5, 0.6) is 0 Å². The molecule has 0 spiro atoms. The summed E-state index contributed by atoms with van der Waals surface area (Å²) in [6.45, 7) is 0.121. The summed E-state index contributed by atoms with van der Waals surface area (Å²) < 4.78 is 11.5. The van der Waals surface area contributed by atoms with Crippen LogP contribution in [0.1, 0.15) is 53.9 Å². The van der Waals surface area contributed by atoms with Crippen molar-refractivity contribution in [1.29, 1.82) is 0 Å². The smallest absolute Gasteiger partial charge is 0.335 e. The van der Waals surface area contributed by atoms with Gasteiger partial charge in [-0.15, -0.1) is 11.8 Å². The average molecular weight is 717 g/mol. The molecule has 4 rings (SSSR count). The number of fused-ring (bicyclic) bond motifs is 1. The minimum atomic E-state index is -4.41. The maximum atomic E-state index is 13.9. The van der Waals surface area contributed by atoms with Gasteiger partial charge in [0.15, 0.2) is 5.78 Å². The Labute approximate surface area is 287 Å². The zero-order chi connectivity index (χ0) is 34.8. The molecule has 48 heavy (non-hydrogen) atoms. The van der Waals surface area contributed by atoms with E-state index in [0.717, 1.165) is 22.5 Å². The molecule has 3 aromatic rings. The van der Waals surface area contributed by atoms with Gasteiger partial charge in [-0.2, -0.15) is 0 Å². The van der Waals surface area contributed by atoms with Crippen LogP contribution < -0.4 is 16.4 Å². The van der Waals surface area contributed by atoms with Gasteiger partial charge in [-0.05, 0) is 59.9 Å². The van der Waals surface area contributed by atoms with Crippen molar-refractivity contribution in [3.63, 3.8) is 0 Å². The number of benzene rings is 3. The molecule has 12 nitrogen and oxygen atoms in total. The van der Waals surface area contributed by atoms with Crippen LogP contribution in [0.15, 0.2) is 66.7 Å². The van der Waals surface area contributed by atoms with E-state index in [1.165, 1.54) is 4.90 Å². The molecule has 0 aromatic heterocycles. The van der Waals surface area contributed by atoms with Crippen LogP contribution in [0.3, 0.4) is 0 Å². The second kappa shape index (κ2) is 17.1. The van der Waals surface area contributed by atoms with Crippen LogP contribution in [-0.4, -0.2) is 80.5 Å². The second-order valence-corrected chi connectivity index (χ2v) is 15.1. The molecular weight excluding hydrogens is 679 g/mol. The standard InChI is InChI=1S/C33H38ClN4O8PS/c34-25-12-10-22(11-13-25)29(39)14-15-30(40)37-27(19-48-20-47(44,45)46)33(43)38-16-4-3-7-28(38)32(42)36-18-26(31(35)41)24-9-8-21-5-1-2-6-23(21)17-24/h1-2,5-6,8-13,17,26-28H,3-4,7,14-16,18-20H2,(H2,35,41)(H,36,42)(H,37,40)(H2,44,45,46). The third kappa shape index (κ3) is 10.6. The number of thioether (sulfide) groups is 1. The van der Waals surface area contributed by atoms with Gasteiger partial charge in [0.25, 0.3) is 0 Å². The first-order valence-electron chi connectivity index (χ1n) is 15.4. The van der Waals surface area contributed by atoms with Crippen molar-refractivity contribution in [2.24, 2.45) is 5.73 Å². The number of amides is 4. The highest BCUT2D eigenvalue weighted by Crippen LogP contribution is 2.38. The number of likely N-dealkylation sites (tertiary alicyclic amines) is 1. The van der Waals surface area contributed by atoms with Crippen LogP contribution in [-0.2, 0) is 23.7 Å². The lowest BCUT2D eigenvalue weighted by Gasteiger charge is -2.37. The van der Waals surface area contributed by atoms with Gasteiger partial charge < -0.3 is 31.1 Å². The first kappa shape index (κ1) is 37.1. The number of nitrogens with zero attached hydrogens (tertiary/aromatic N) is 1. The topological polar surface area (TPSA) is 196 Å². The van der Waals surface area contributed by atoms with Gasteiger partial charge in [0, 0.05) is 42.3 Å². The van der Waals surface area contributed by atoms with Crippen molar-refractivity contribution in [2.75, 3.05) is 24.3 Å². The van der Waals surface area contributed by atoms with E-state index in [0.29, 0.717) is 35.4 Å². The minimum Gasteiger partial charge on any atom is -0.369 e. The number of piperidine rings is 1. The number of hydrogen-bond donors (Lipinski definition) is 5. The number of primary amides is 1. The van der Waals surface area contributed by atoms with Crippen molar-refractivity contribution in [1.82, 2.24) is 15.5 Å². The Morgan fingerprint density at radius 3 is 2.38 bits per heavy atom. The van der Waals surface area contributed by atoms with Gasteiger partial charge in [0.2, 0.25) is 23.6 Å². The fourth-order valence-corrected chi connectivity index (χ4v) is 7.49. The van der Waals surface area contributed by atoms with E-state index < -0.39 is 54.7 Å². The van der Waals surface area contributed by atoms with Crippen LogP contribution >= 0.6 is 31.0 Å². The number of halogens is 1. The third-order valence-corrected chi connectivity index (χ3v) is 10.9. The summed E-state index contributed by atoms with van der Waals surface area (Å²) in [4.78, 5) is 85.3. The highest BCUT2D eigenvalue weighted by molar-refractivity contribution is 8.04. The van der Waals surface area contributed by atoms with Crippen LogP contribution in [0.4, 0.5) is 0 Å². The summed E-state index contributed by atoms with van der Waals surface area (Å²) >= 11 is 6.67. The lowest BCUT2D eigenvalue weighted by molar-refractivity contribution is -0.144. The van der Waals surface area contributed by atoms with E-state index in [9.17, 15) is 38.3 Å². The highest BCUT2D eigenvalue weighted by Gasteiger charge is 2.37. The van der Waals surface area contributed by atoms with Crippen molar-refractivity contribution < 1.29 is 38.3 Å². The molecule has 0 saturated carbocycles. The van der Waals surface area contributed by atoms with Gasteiger partial charge in [-0.25, -0.2) is 0 Å². The fraction of sp³-hybridized carbons (Fsp3) is 0.364. The Balaban J connectivity index is 1.43. The zero-order valence-electron chi connectivity index (χ0n) is 26.0. The van der Waals surface area contributed by atoms with E-state index in [2.05, 4.69) is 10.6 Å².